The first kappa shape index (κ1) is 79.6. The average Bonchev–Trinajstić information content (AvgIpc) is 1.79. The molecule has 1 saturated heterocycles. The van der Waals surface area contributed by atoms with Gasteiger partial charge in [0.2, 0.25) is 76.8 Å². The maximum atomic E-state index is 14.3. The van der Waals surface area contributed by atoms with Crippen LogP contribution in [-0.2, 0) is 91.2 Å². The van der Waals surface area contributed by atoms with Crippen molar-refractivity contribution in [3.8, 4) is 5.75 Å². The molecule has 0 unspecified atom stereocenters. The highest BCUT2D eigenvalue weighted by atomic mass is 32.1. The van der Waals surface area contributed by atoms with Crippen LogP contribution in [0.2, 0.25) is 0 Å². The first-order chi connectivity index (χ1) is 45.9. The number of hydrogen-bond donors (Lipinski definition) is 19. The number of benzene rings is 3. The molecular formula is C62H84N14O19S2. The van der Waals surface area contributed by atoms with E-state index in [0.717, 1.165) is 0 Å². The SMILES string of the molecule is CC(C)C[C@H](NC(=O)[C@H](Cc1ccccc1)NC(=O)[C@H](CCC(N)=O)NC(=O)[C@H](CC(N)=O)NC(=O)[C@H](CC(=O)O)NC(=O)[C@H](Cc1ccc(O)cc1)NC(=O)CNC(=O)[C@H](CO)NC(=O)[C@H](Cc1ccccc1)NC(=O)[C@@H]1CCCN1C(=O)[C@@H](N)CS)C(=O)N[C@@H](CS)C(=O)O. The highest BCUT2D eigenvalue weighted by molar-refractivity contribution is 7.80. The molecular weight excluding hydrogens is 1310 g/mol. The minimum Gasteiger partial charge on any atom is -0.508 e. The van der Waals surface area contributed by atoms with E-state index >= 15 is 0 Å². The number of aromatic hydroxyl groups is 1. The molecule has 1 aliphatic heterocycles. The Morgan fingerprint density at radius 3 is 1.45 bits per heavy atom. The molecule has 3 aromatic carbocycles. The van der Waals surface area contributed by atoms with Gasteiger partial charge in [0.05, 0.1) is 32.0 Å². The number of aliphatic carboxylic acids is 2. The summed E-state index contributed by atoms with van der Waals surface area (Å²) in [5, 5.41) is 63.3. The van der Waals surface area contributed by atoms with Crippen molar-refractivity contribution >= 4 is 114 Å². The first-order valence-electron chi connectivity index (χ1n) is 30.7. The molecule has 1 fully saturated rings. The Morgan fingerprint density at radius 1 is 0.526 bits per heavy atom. The second kappa shape index (κ2) is 39.9. The zero-order chi connectivity index (χ0) is 72.1. The van der Waals surface area contributed by atoms with Crippen molar-refractivity contribution in [2.45, 2.75) is 145 Å². The number of carbonyl (C=O) groups excluding carboxylic acids is 13. The number of phenols is 1. The van der Waals surface area contributed by atoms with Gasteiger partial charge in [0.25, 0.3) is 0 Å². The van der Waals surface area contributed by atoms with Crippen molar-refractivity contribution < 1.29 is 92.3 Å². The molecule has 4 rings (SSSR count). The van der Waals surface area contributed by atoms with E-state index in [4.69, 9.17) is 17.2 Å². The number of aliphatic hydroxyl groups is 1. The lowest BCUT2D eigenvalue weighted by molar-refractivity contribution is -0.142. The topological polar surface area (TPSA) is 539 Å². The van der Waals surface area contributed by atoms with Crippen molar-refractivity contribution in [3.63, 3.8) is 0 Å². The Labute approximate surface area is 568 Å². The van der Waals surface area contributed by atoms with E-state index in [1.165, 1.54) is 29.2 Å². The molecule has 20 N–H and O–H groups in total. The van der Waals surface area contributed by atoms with Gasteiger partial charge in [0.15, 0.2) is 0 Å². The van der Waals surface area contributed by atoms with Crippen LogP contribution >= 0.6 is 25.3 Å². The number of nitrogens with two attached hydrogens (primary N) is 3. The lowest BCUT2D eigenvalue weighted by Crippen LogP contribution is -2.61. The molecule has 0 saturated carbocycles. The number of thiol groups is 2. The Balaban J connectivity index is 1.55. The lowest BCUT2D eigenvalue weighted by atomic mass is 10.00. The number of likely N-dealkylation sites (tertiary alicyclic amines) is 1. The Kier molecular flexibility index (Phi) is 32.7. The number of carbonyl (C=O) groups is 15. The largest absolute Gasteiger partial charge is 0.508 e. The molecule has 35 heteroatoms. The molecule has 0 spiro atoms. The number of rotatable bonds is 40. The fourth-order valence-corrected chi connectivity index (χ4v) is 10.3. The fourth-order valence-electron chi connectivity index (χ4n) is 9.93. The number of aliphatic hydroxyl groups excluding tert-OH is 1. The van der Waals surface area contributed by atoms with Crippen molar-refractivity contribution in [1.29, 1.82) is 0 Å². The number of amides is 13. The average molecular weight is 1390 g/mol. The number of phenolic OH excluding ortho intramolecular Hbond substituents is 1. The normalized spacial score (nSPS) is 15.7. The molecule has 1 heterocycles. The van der Waals surface area contributed by atoms with Crippen LogP contribution in [0.4, 0.5) is 0 Å². The standard InChI is InChI=1S/C62H84N14O19S2/c1-32(2)22-39(54(86)75-46(31-97)62(94)95)69-56(88)41(23-33-10-5-3-6-11-33)70-53(85)38(19-20-48(64)79)68-58(90)43(26-49(65)80)71-59(91)44(27-51(82)83)72-55(87)40(25-35-15-17-36(78)18-16-35)67-50(81)28-66-52(84)45(29-77)74-57(89)42(24-34-12-7-4-8-13-34)73-60(92)47-14-9-21-76(47)61(93)37(63)30-96/h3-8,10-13,15-18,32,37-47,77-78,96-97H,9,14,19-31,63H2,1-2H3,(H2,64,79)(H2,65,80)(H,66,84)(H,67,81)(H,68,90)(H,69,88)(H,70,85)(H,71,91)(H,72,87)(H,73,92)(H,74,89)(H,75,86)(H,82,83)(H,94,95)/t37-,38-,39-,40-,41-,42-,43-,44-,45-,46-,47-/m0/s1. The lowest BCUT2D eigenvalue weighted by Gasteiger charge is -2.28. The smallest absolute Gasteiger partial charge is 0.327 e. The molecule has 0 radical (unpaired) electrons. The number of carboxylic acid groups (broad SMARTS) is 2. The van der Waals surface area contributed by atoms with Crippen LogP contribution in [0, 0.1) is 5.92 Å². The van der Waals surface area contributed by atoms with Gasteiger partial charge in [0, 0.05) is 43.7 Å². The van der Waals surface area contributed by atoms with Crippen molar-refractivity contribution in [3.05, 3.63) is 102 Å². The van der Waals surface area contributed by atoms with Gasteiger partial charge in [-0.15, -0.1) is 0 Å². The Hall–Kier alpha value is -9.87. The van der Waals surface area contributed by atoms with Crippen molar-refractivity contribution in [1.82, 2.24) is 58.1 Å². The van der Waals surface area contributed by atoms with Crippen LogP contribution < -0.4 is 70.4 Å². The van der Waals surface area contributed by atoms with Gasteiger partial charge in [-0.3, -0.25) is 67.1 Å². The summed E-state index contributed by atoms with van der Waals surface area (Å²) in [6, 6.07) is 4.38. The summed E-state index contributed by atoms with van der Waals surface area (Å²) in [4.78, 5) is 202. The highest BCUT2D eigenvalue weighted by Gasteiger charge is 2.40. The summed E-state index contributed by atoms with van der Waals surface area (Å²) in [5.41, 5.74) is 18.1. The van der Waals surface area contributed by atoms with Gasteiger partial charge >= 0.3 is 11.9 Å². The zero-order valence-corrected chi connectivity index (χ0v) is 54.9. The van der Waals surface area contributed by atoms with Crippen LogP contribution in [0.5, 0.6) is 5.75 Å². The molecule has 1 aliphatic rings. The predicted octanol–water partition coefficient (Wildman–Crippen LogP) is -5.18. The summed E-state index contributed by atoms with van der Waals surface area (Å²) in [5.74, 6) is -17.6. The van der Waals surface area contributed by atoms with Gasteiger partial charge in [0.1, 0.15) is 66.2 Å². The summed E-state index contributed by atoms with van der Waals surface area (Å²) in [6.07, 6.45) is -3.55. The maximum absolute atomic E-state index is 14.3. The van der Waals surface area contributed by atoms with Gasteiger partial charge in [-0.25, -0.2) is 4.79 Å². The quantitative estimate of drug-likeness (QED) is 0.0237. The van der Waals surface area contributed by atoms with Crippen LogP contribution in [0.15, 0.2) is 84.9 Å². The third kappa shape index (κ3) is 27.0. The van der Waals surface area contributed by atoms with E-state index in [2.05, 4.69) is 78.4 Å². The number of nitrogens with one attached hydrogen (secondary N) is 10. The molecule has 0 aromatic heterocycles. The summed E-state index contributed by atoms with van der Waals surface area (Å²) in [6.45, 7) is 1.66. The third-order valence-corrected chi connectivity index (χ3v) is 15.7. The van der Waals surface area contributed by atoms with E-state index < -0.39 is 200 Å². The van der Waals surface area contributed by atoms with E-state index in [9.17, 15) is 92.3 Å². The van der Waals surface area contributed by atoms with E-state index in [1.54, 1.807) is 74.5 Å². The Bertz CT molecular complexity index is 3280. The number of carboxylic acids is 2. The third-order valence-electron chi connectivity index (χ3n) is 14.9. The second-order valence-electron chi connectivity index (χ2n) is 23.2. The van der Waals surface area contributed by atoms with E-state index in [1.807, 2.05) is 0 Å². The molecule has 13 amide bonds. The predicted molar refractivity (Wildman–Crippen MR) is 352 cm³/mol. The van der Waals surface area contributed by atoms with Crippen LogP contribution in [0.3, 0.4) is 0 Å². The molecule has 33 nitrogen and oxygen atoms in total. The minimum atomic E-state index is -2.15. The number of nitrogens with zero attached hydrogens (tertiary/aromatic N) is 1. The molecule has 3 aromatic rings. The minimum absolute atomic E-state index is 0.00532. The van der Waals surface area contributed by atoms with E-state index in [-0.39, 0.29) is 61.0 Å². The van der Waals surface area contributed by atoms with Crippen LogP contribution in [0.25, 0.3) is 0 Å². The van der Waals surface area contributed by atoms with Gasteiger partial charge in [-0.05, 0) is 60.4 Å². The highest BCUT2D eigenvalue weighted by Crippen LogP contribution is 2.20. The second-order valence-corrected chi connectivity index (χ2v) is 23.9. The molecule has 11 atom stereocenters. The van der Waals surface area contributed by atoms with Crippen LogP contribution in [0.1, 0.15) is 75.5 Å². The number of primary amides is 2. The van der Waals surface area contributed by atoms with Gasteiger partial charge in [-0.1, -0.05) is 86.6 Å². The fraction of sp³-hybridized carbons (Fsp3) is 0.468. The van der Waals surface area contributed by atoms with Crippen LogP contribution in [-0.4, -0.2) is 212 Å². The summed E-state index contributed by atoms with van der Waals surface area (Å²) < 4.78 is 0. The molecule has 0 bridgehead atoms. The molecule has 0 aliphatic carbocycles. The Morgan fingerprint density at radius 2 is 0.969 bits per heavy atom. The molecule has 528 valence electrons. The van der Waals surface area contributed by atoms with E-state index in [0.29, 0.717) is 17.5 Å². The maximum Gasteiger partial charge on any atom is 0.327 e. The zero-order valence-electron chi connectivity index (χ0n) is 53.1. The summed E-state index contributed by atoms with van der Waals surface area (Å²) in [7, 11) is 0. The van der Waals surface area contributed by atoms with Gasteiger partial charge < -0.3 is 95.7 Å². The number of hydrogen-bond acceptors (Lipinski definition) is 20. The summed E-state index contributed by atoms with van der Waals surface area (Å²) >= 11 is 8.06. The monoisotopic (exact) mass is 1390 g/mol. The van der Waals surface area contributed by atoms with Gasteiger partial charge in [-0.2, -0.15) is 25.3 Å². The first-order valence-corrected chi connectivity index (χ1v) is 32.0. The molecule has 97 heavy (non-hydrogen) atoms. The van der Waals surface area contributed by atoms with Crippen molar-refractivity contribution in [2.24, 2.45) is 23.1 Å². The van der Waals surface area contributed by atoms with Crippen molar-refractivity contribution in [2.75, 3.05) is 31.2 Å².